The number of hydrazone groups is 1. The molecule has 0 bridgehead atoms. The predicted molar refractivity (Wildman–Crippen MR) is 110 cm³/mol. The van der Waals surface area contributed by atoms with Crippen LogP contribution in [0.15, 0.2) is 63.0 Å². The number of thiocarbonyl (C=S) groups is 1. The number of hydrogen-bond donors (Lipinski definition) is 0. The molecule has 1 heterocycles. The Balaban J connectivity index is 1.81. The maximum atomic E-state index is 12.5. The van der Waals surface area contributed by atoms with E-state index in [1.165, 1.54) is 12.1 Å². The summed E-state index contributed by atoms with van der Waals surface area (Å²) in [4.78, 5) is 23.3. The minimum Gasteiger partial charge on any atom is -0.266 e. The van der Waals surface area contributed by atoms with Crippen molar-refractivity contribution >= 4 is 68.1 Å². The van der Waals surface area contributed by atoms with Gasteiger partial charge >= 0.3 is 0 Å². The van der Waals surface area contributed by atoms with E-state index in [2.05, 4.69) is 21.0 Å². The Kier molecular flexibility index (Phi) is 5.60. The molecule has 0 aromatic heterocycles. The number of carbonyl (C=O) groups excluding carboxylic acids is 1. The van der Waals surface area contributed by atoms with Crippen molar-refractivity contribution in [1.82, 2.24) is 5.01 Å². The van der Waals surface area contributed by atoms with Crippen LogP contribution in [0.5, 0.6) is 0 Å². The minimum absolute atomic E-state index is 0.0394. The fourth-order valence-corrected chi connectivity index (χ4v) is 3.55. The van der Waals surface area contributed by atoms with Crippen LogP contribution in [0.25, 0.3) is 6.08 Å². The summed E-state index contributed by atoms with van der Waals surface area (Å²) in [5.41, 5.74) is 1.34. The Morgan fingerprint density at radius 1 is 1.19 bits per heavy atom. The molecule has 0 atom stereocenters. The zero-order chi connectivity index (χ0) is 18.7. The summed E-state index contributed by atoms with van der Waals surface area (Å²) in [6.45, 7) is 0. The van der Waals surface area contributed by atoms with Crippen molar-refractivity contribution < 1.29 is 9.72 Å². The Labute approximate surface area is 166 Å². The molecule has 26 heavy (non-hydrogen) atoms. The normalized spacial score (nSPS) is 16.0. The van der Waals surface area contributed by atoms with Gasteiger partial charge in [-0.25, -0.2) is 0 Å². The van der Waals surface area contributed by atoms with E-state index in [4.69, 9.17) is 12.2 Å². The van der Waals surface area contributed by atoms with Crippen molar-refractivity contribution in [2.75, 3.05) is 0 Å². The summed E-state index contributed by atoms with van der Waals surface area (Å²) in [6, 6.07) is 13.5. The summed E-state index contributed by atoms with van der Waals surface area (Å²) in [7, 11) is 0. The Morgan fingerprint density at radius 3 is 2.62 bits per heavy atom. The molecule has 0 aliphatic carbocycles. The third-order valence-corrected chi connectivity index (χ3v) is 5.16. The van der Waals surface area contributed by atoms with Gasteiger partial charge in [-0.1, -0.05) is 52.0 Å². The van der Waals surface area contributed by atoms with E-state index in [0.717, 1.165) is 26.8 Å². The fraction of sp³-hybridized carbons (Fsp3) is 0. The molecule has 9 heteroatoms. The molecule has 0 unspecified atom stereocenters. The molecule has 130 valence electrons. The number of non-ortho nitro benzene ring substituents is 1. The molecule has 1 aliphatic rings. The van der Waals surface area contributed by atoms with Crippen LogP contribution in [-0.2, 0) is 4.79 Å². The van der Waals surface area contributed by atoms with Crippen LogP contribution in [0.4, 0.5) is 5.69 Å². The molecule has 2 aromatic rings. The van der Waals surface area contributed by atoms with Crippen LogP contribution < -0.4 is 0 Å². The van der Waals surface area contributed by atoms with Gasteiger partial charge in [0.05, 0.1) is 16.0 Å². The van der Waals surface area contributed by atoms with Gasteiger partial charge in [-0.05, 0) is 41.6 Å². The van der Waals surface area contributed by atoms with Gasteiger partial charge in [-0.15, -0.1) is 0 Å². The number of thioether (sulfide) groups is 1. The first kappa shape index (κ1) is 18.4. The van der Waals surface area contributed by atoms with Crippen molar-refractivity contribution in [3.63, 3.8) is 0 Å². The molecular weight excluding hydrogens is 438 g/mol. The molecule has 0 spiro atoms. The molecule has 0 radical (unpaired) electrons. The van der Waals surface area contributed by atoms with Crippen LogP contribution in [0, 0.1) is 10.1 Å². The first-order valence-corrected chi connectivity index (χ1v) is 9.28. The second kappa shape index (κ2) is 7.90. The van der Waals surface area contributed by atoms with E-state index in [-0.39, 0.29) is 11.6 Å². The first-order chi connectivity index (χ1) is 12.4. The van der Waals surface area contributed by atoms with Crippen LogP contribution in [-0.4, -0.2) is 26.4 Å². The number of hydrogen-bond acceptors (Lipinski definition) is 6. The molecule has 1 aliphatic heterocycles. The minimum atomic E-state index is -0.481. The maximum absolute atomic E-state index is 12.5. The van der Waals surface area contributed by atoms with E-state index in [1.54, 1.807) is 24.4 Å². The van der Waals surface area contributed by atoms with Gasteiger partial charge in [-0.2, -0.15) is 10.1 Å². The van der Waals surface area contributed by atoms with Crippen LogP contribution >= 0.6 is 39.9 Å². The summed E-state index contributed by atoms with van der Waals surface area (Å²) in [5, 5.41) is 16.2. The first-order valence-electron chi connectivity index (χ1n) is 7.26. The van der Waals surface area contributed by atoms with Gasteiger partial charge < -0.3 is 0 Å². The standard InChI is InChI=1S/C17H10BrN3O3S2/c18-13-6-4-11(5-7-13)10-19-20-16(22)15(26-17(20)25)9-12-2-1-3-14(8-12)21(23)24/h1-10H/b15-9+,19-10+. The number of amides is 1. The number of nitro groups is 1. The van der Waals surface area contributed by atoms with E-state index < -0.39 is 4.92 Å². The highest BCUT2D eigenvalue weighted by Crippen LogP contribution is 2.33. The zero-order valence-corrected chi connectivity index (χ0v) is 16.3. The topological polar surface area (TPSA) is 75.8 Å². The largest absolute Gasteiger partial charge is 0.286 e. The summed E-state index contributed by atoms with van der Waals surface area (Å²) in [6.07, 6.45) is 3.12. The molecular formula is C17H10BrN3O3S2. The number of carbonyl (C=O) groups is 1. The number of benzene rings is 2. The van der Waals surface area contributed by atoms with Gasteiger partial charge in [0, 0.05) is 16.6 Å². The van der Waals surface area contributed by atoms with E-state index >= 15 is 0 Å². The molecule has 1 amide bonds. The Hall–Kier alpha value is -2.36. The Morgan fingerprint density at radius 2 is 1.92 bits per heavy atom. The van der Waals surface area contributed by atoms with Crippen LogP contribution in [0.1, 0.15) is 11.1 Å². The molecule has 1 saturated heterocycles. The number of nitrogens with zero attached hydrogens (tertiary/aromatic N) is 3. The summed E-state index contributed by atoms with van der Waals surface area (Å²) in [5.74, 6) is -0.361. The molecule has 1 fully saturated rings. The Bertz CT molecular complexity index is 958. The van der Waals surface area contributed by atoms with Crippen molar-refractivity contribution in [2.45, 2.75) is 0 Å². The van der Waals surface area contributed by atoms with Gasteiger partial charge in [0.2, 0.25) is 0 Å². The molecule has 6 nitrogen and oxygen atoms in total. The SMILES string of the molecule is O=C1/C(=C\c2cccc([N+](=O)[O-])c2)SC(=S)N1/N=C/c1ccc(Br)cc1. The second-order valence-electron chi connectivity index (χ2n) is 5.14. The molecule has 0 N–H and O–H groups in total. The third kappa shape index (κ3) is 4.24. The third-order valence-electron chi connectivity index (χ3n) is 3.34. The van der Waals surface area contributed by atoms with Crippen molar-refractivity contribution in [2.24, 2.45) is 5.10 Å². The van der Waals surface area contributed by atoms with E-state index in [9.17, 15) is 14.9 Å². The maximum Gasteiger partial charge on any atom is 0.286 e. The molecule has 3 rings (SSSR count). The van der Waals surface area contributed by atoms with Crippen molar-refractivity contribution in [3.05, 3.63) is 79.2 Å². The van der Waals surface area contributed by atoms with E-state index in [0.29, 0.717) is 14.8 Å². The molecule has 0 saturated carbocycles. The highest BCUT2D eigenvalue weighted by molar-refractivity contribution is 9.10. The number of halogens is 1. The fourth-order valence-electron chi connectivity index (χ4n) is 2.11. The quantitative estimate of drug-likeness (QED) is 0.225. The molecule has 2 aromatic carbocycles. The highest BCUT2D eigenvalue weighted by atomic mass is 79.9. The van der Waals surface area contributed by atoms with Gasteiger partial charge in [0.1, 0.15) is 0 Å². The lowest BCUT2D eigenvalue weighted by Crippen LogP contribution is -2.22. The van der Waals surface area contributed by atoms with Gasteiger partial charge in [-0.3, -0.25) is 14.9 Å². The lowest BCUT2D eigenvalue weighted by Gasteiger charge is -2.06. The van der Waals surface area contributed by atoms with Crippen LogP contribution in [0.3, 0.4) is 0 Å². The van der Waals surface area contributed by atoms with Crippen molar-refractivity contribution in [3.8, 4) is 0 Å². The summed E-state index contributed by atoms with van der Waals surface area (Å²) >= 11 is 9.67. The lowest BCUT2D eigenvalue weighted by molar-refractivity contribution is -0.384. The second-order valence-corrected chi connectivity index (χ2v) is 7.73. The average molecular weight is 448 g/mol. The van der Waals surface area contributed by atoms with Gasteiger partial charge in [0.25, 0.3) is 11.6 Å². The predicted octanol–water partition coefficient (Wildman–Crippen LogP) is 4.59. The van der Waals surface area contributed by atoms with E-state index in [1.807, 2.05) is 24.3 Å². The van der Waals surface area contributed by atoms with Crippen LogP contribution in [0.2, 0.25) is 0 Å². The van der Waals surface area contributed by atoms with Crippen molar-refractivity contribution in [1.29, 1.82) is 0 Å². The monoisotopic (exact) mass is 447 g/mol. The smallest absolute Gasteiger partial charge is 0.266 e. The summed E-state index contributed by atoms with van der Waals surface area (Å²) < 4.78 is 1.25. The number of rotatable bonds is 4. The highest BCUT2D eigenvalue weighted by Gasteiger charge is 2.32. The number of nitro benzene ring substituents is 1. The lowest BCUT2D eigenvalue weighted by atomic mass is 10.2. The zero-order valence-electron chi connectivity index (χ0n) is 13.0. The van der Waals surface area contributed by atoms with Gasteiger partial charge in [0.15, 0.2) is 4.32 Å². The average Bonchev–Trinajstić information content (AvgIpc) is 2.88.